The van der Waals surface area contributed by atoms with Crippen LogP contribution in [-0.2, 0) is 11.3 Å². The van der Waals surface area contributed by atoms with Crippen LogP contribution in [0.3, 0.4) is 0 Å². The van der Waals surface area contributed by atoms with Crippen molar-refractivity contribution in [1.29, 1.82) is 0 Å². The van der Waals surface area contributed by atoms with Crippen LogP contribution in [0.15, 0.2) is 34.6 Å². The number of carbonyl (C=O) groups is 2. The van der Waals surface area contributed by atoms with Crippen molar-refractivity contribution in [3.05, 3.63) is 56.4 Å². The van der Waals surface area contributed by atoms with E-state index in [1.807, 2.05) is 5.38 Å². The van der Waals surface area contributed by atoms with E-state index in [0.717, 1.165) is 0 Å². The molecule has 1 aromatic carbocycles. The second-order valence-electron chi connectivity index (χ2n) is 7.45. The summed E-state index contributed by atoms with van der Waals surface area (Å²) in [6.45, 7) is 2.49. The van der Waals surface area contributed by atoms with E-state index in [4.69, 9.17) is 26.8 Å². The van der Waals surface area contributed by atoms with E-state index < -0.39 is 5.91 Å². The van der Waals surface area contributed by atoms with Gasteiger partial charge in [-0.05, 0) is 12.1 Å². The van der Waals surface area contributed by atoms with Crippen molar-refractivity contribution in [3.63, 3.8) is 0 Å². The van der Waals surface area contributed by atoms with Crippen LogP contribution in [0.1, 0.15) is 16.1 Å². The van der Waals surface area contributed by atoms with Crippen molar-refractivity contribution in [1.82, 2.24) is 19.2 Å². The first-order valence-corrected chi connectivity index (χ1v) is 11.4. The largest absolute Gasteiger partial charge is 0.493 e. The maximum absolute atomic E-state index is 13.0. The van der Waals surface area contributed by atoms with Gasteiger partial charge in [0.15, 0.2) is 23.1 Å². The second-order valence-corrected chi connectivity index (χ2v) is 8.73. The number of aromatic nitrogens is 2. The quantitative estimate of drug-likeness (QED) is 0.528. The molecule has 3 heterocycles. The first kappa shape index (κ1) is 23.0. The first-order chi connectivity index (χ1) is 15.9. The number of nitrogens with zero attached hydrogens (tertiary/aromatic N) is 4. The van der Waals surface area contributed by atoms with Crippen LogP contribution < -0.4 is 20.8 Å². The fourth-order valence-electron chi connectivity index (χ4n) is 3.62. The summed E-state index contributed by atoms with van der Waals surface area (Å²) in [5.41, 5.74) is 6.08. The number of fused-ring (bicyclic) bond motifs is 1. The van der Waals surface area contributed by atoms with Crippen LogP contribution in [0.25, 0.3) is 4.96 Å². The number of halogens is 1. The Morgan fingerprint density at radius 2 is 1.97 bits per heavy atom. The van der Waals surface area contributed by atoms with E-state index in [0.29, 0.717) is 48.9 Å². The summed E-state index contributed by atoms with van der Waals surface area (Å²) in [6, 6.07) is 4.57. The Balaban J connectivity index is 1.41. The third kappa shape index (κ3) is 5.10. The Bertz CT molecular complexity index is 1250. The highest BCUT2D eigenvalue weighted by molar-refractivity contribution is 7.15. The smallest absolute Gasteiger partial charge is 0.258 e. The number of ether oxygens (including phenoxy) is 2. The van der Waals surface area contributed by atoms with Crippen LogP contribution in [0, 0.1) is 0 Å². The molecule has 0 bridgehead atoms. The first-order valence-electron chi connectivity index (χ1n) is 10.1. The number of benzene rings is 1. The number of piperazine rings is 1. The van der Waals surface area contributed by atoms with Crippen LogP contribution >= 0.6 is 22.9 Å². The normalized spacial score (nSPS) is 14.4. The topological polar surface area (TPSA) is 119 Å². The predicted octanol–water partition coefficient (Wildman–Crippen LogP) is 1.24. The number of amides is 2. The number of hydrogen-bond donors (Lipinski definition) is 1. The van der Waals surface area contributed by atoms with E-state index in [9.17, 15) is 14.4 Å². The molecule has 1 fully saturated rings. The zero-order valence-electron chi connectivity index (χ0n) is 17.8. The SMILES string of the molecule is COc1cc(C(=O)N2CCN(Cc3cc(=O)n4ccsc4n3)CC2)cc(Cl)c1OCC(N)=O. The zero-order valence-corrected chi connectivity index (χ0v) is 19.4. The van der Waals surface area contributed by atoms with Crippen molar-refractivity contribution in [2.75, 3.05) is 39.9 Å². The molecule has 0 unspecified atom stereocenters. The fraction of sp³-hybridized carbons (Fsp3) is 0.333. The maximum Gasteiger partial charge on any atom is 0.258 e. The average Bonchev–Trinajstić information content (AvgIpc) is 3.27. The fourth-order valence-corrected chi connectivity index (χ4v) is 4.62. The lowest BCUT2D eigenvalue weighted by molar-refractivity contribution is -0.119. The Labute approximate surface area is 198 Å². The Morgan fingerprint density at radius 1 is 1.21 bits per heavy atom. The van der Waals surface area contributed by atoms with E-state index in [1.165, 1.54) is 35.0 Å². The van der Waals surface area contributed by atoms with Gasteiger partial charge in [-0.1, -0.05) is 11.6 Å². The van der Waals surface area contributed by atoms with E-state index in [-0.39, 0.29) is 34.6 Å². The van der Waals surface area contributed by atoms with Crippen LogP contribution in [0.4, 0.5) is 0 Å². The summed E-state index contributed by atoms with van der Waals surface area (Å²) < 4.78 is 12.1. The second kappa shape index (κ2) is 9.77. The minimum Gasteiger partial charge on any atom is -0.493 e. The molecule has 174 valence electrons. The molecular weight excluding hydrogens is 470 g/mol. The molecule has 0 spiro atoms. The summed E-state index contributed by atoms with van der Waals surface area (Å²) in [7, 11) is 1.42. The van der Waals surface area contributed by atoms with Crippen molar-refractivity contribution in [3.8, 4) is 11.5 Å². The van der Waals surface area contributed by atoms with Gasteiger partial charge in [0.25, 0.3) is 17.4 Å². The number of thiazole rings is 1. The summed E-state index contributed by atoms with van der Waals surface area (Å²) in [5.74, 6) is -0.438. The number of methoxy groups -OCH3 is 1. The van der Waals surface area contributed by atoms with Gasteiger partial charge in [-0.2, -0.15) is 0 Å². The molecule has 2 N–H and O–H groups in total. The molecular formula is C21H22ClN5O5S. The van der Waals surface area contributed by atoms with Gasteiger partial charge in [-0.3, -0.25) is 23.7 Å². The molecule has 1 aliphatic heterocycles. The predicted molar refractivity (Wildman–Crippen MR) is 123 cm³/mol. The molecule has 10 nitrogen and oxygen atoms in total. The van der Waals surface area contributed by atoms with Gasteiger partial charge >= 0.3 is 0 Å². The molecule has 0 saturated carbocycles. The lowest BCUT2D eigenvalue weighted by Gasteiger charge is -2.34. The summed E-state index contributed by atoms with van der Waals surface area (Å²) in [5, 5.41) is 1.98. The molecule has 0 atom stereocenters. The van der Waals surface area contributed by atoms with Gasteiger partial charge in [0.1, 0.15) is 0 Å². The lowest BCUT2D eigenvalue weighted by atomic mass is 10.1. The van der Waals surface area contributed by atoms with Gasteiger partial charge < -0.3 is 20.1 Å². The third-order valence-electron chi connectivity index (χ3n) is 5.24. The Kier molecular flexibility index (Phi) is 6.82. The van der Waals surface area contributed by atoms with Crippen LogP contribution in [-0.4, -0.2) is 70.9 Å². The molecule has 2 aromatic heterocycles. The van der Waals surface area contributed by atoms with Crippen LogP contribution in [0.2, 0.25) is 5.02 Å². The molecule has 2 amide bonds. The van der Waals surface area contributed by atoms with Gasteiger partial charge in [0.2, 0.25) is 0 Å². The maximum atomic E-state index is 13.0. The number of hydrogen-bond acceptors (Lipinski definition) is 8. The average molecular weight is 492 g/mol. The summed E-state index contributed by atoms with van der Waals surface area (Å²) in [6.07, 6.45) is 1.71. The van der Waals surface area contributed by atoms with Crippen molar-refractivity contribution in [2.24, 2.45) is 5.73 Å². The van der Waals surface area contributed by atoms with E-state index in [2.05, 4.69) is 9.88 Å². The monoisotopic (exact) mass is 491 g/mol. The molecule has 1 saturated heterocycles. The summed E-state index contributed by atoms with van der Waals surface area (Å²) in [4.78, 5) is 45.3. The molecule has 0 radical (unpaired) electrons. The minimum absolute atomic E-state index is 0.0980. The molecule has 1 aliphatic rings. The molecule has 0 aliphatic carbocycles. The third-order valence-corrected chi connectivity index (χ3v) is 6.27. The highest BCUT2D eigenvalue weighted by Gasteiger charge is 2.25. The zero-order chi connectivity index (χ0) is 23.5. The molecule has 33 heavy (non-hydrogen) atoms. The number of rotatable bonds is 7. The van der Waals surface area contributed by atoms with Crippen LogP contribution in [0.5, 0.6) is 11.5 Å². The highest BCUT2D eigenvalue weighted by Crippen LogP contribution is 2.36. The highest BCUT2D eigenvalue weighted by atomic mass is 35.5. The Morgan fingerprint density at radius 3 is 2.67 bits per heavy atom. The van der Waals surface area contributed by atoms with Crippen molar-refractivity contribution in [2.45, 2.75) is 6.54 Å². The van der Waals surface area contributed by atoms with Gasteiger partial charge in [-0.15, -0.1) is 11.3 Å². The van der Waals surface area contributed by atoms with Crippen molar-refractivity contribution >= 4 is 39.7 Å². The molecule has 12 heteroatoms. The van der Waals surface area contributed by atoms with E-state index in [1.54, 1.807) is 17.2 Å². The Hall–Kier alpha value is -3.15. The summed E-state index contributed by atoms with van der Waals surface area (Å²) >= 11 is 7.69. The molecule has 3 aromatic rings. The van der Waals surface area contributed by atoms with E-state index >= 15 is 0 Å². The number of nitrogens with two attached hydrogens (primary N) is 1. The number of primary amides is 1. The minimum atomic E-state index is -0.651. The number of carbonyl (C=O) groups excluding carboxylic acids is 2. The lowest BCUT2D eigenvalue weighted by Crippen LogP contribution is -2.48. The molecule has 4 rings (SSSR count). The van der Waals surface area contributed by atoms with Gasteiger partial charge in [-0.25, -0.2) is 4.98 Å². The van der Waals surface area contributed by atoms with Gasteiger partial charge in [0, 0.05) is 55.9 Å². The van der Waals surface area contributed by atoms with Gasteiger partial charge in [0.05, 0.1) is 17.8 Å². The standard InChI is InChI=1S/C21H22ClN5O5S/c1-31-16-9-13(8-15(22)19(16)32-12-17(23)28)20(30)26-4-2-25(3-5-26)11-14-10-18(29)27-6-7-33-21(27)24-14/h6-10H,2-5,11-12H2,1H3,(H2,23,28). The van der Waals surface area contributed by atoms with Crippen molar-refractivity contribution < 1.29 is 19.1 Å².